The second-order valence-corrected chi connectivity index (χ2v) is 25.9. The van der Waals surface area contributed by atoms with Gasteiger partial charge in [-0.3, -0.25) is 38.8 Å². The molecule has 1 unspecified atom stereocenters. The summed E-state index contributed by atoms with van der Waals surface area (Å²) in [7, 11) is 0. The third-order valence-corrected chi connectivity index (χ3v) is 13.8. The predicted molar refractivity (Wildman–Crippen MR) is 310 cm³/mol. The summed E-state index contributed by atoms with van der Waals surface area (Å²) in [5, 5.41) is 16.3. The number of carbonyl (C=O) groups is 6. The Morgan fingerprint density at radius 1 is 0.558 bits per heavy atom. The summed E-state index contributed by atoms with van der Waals surface area (Å²) in [6.45, 7) is 23.5. The van der Waals surface area contributed by atoms with Gasteiger partial charge in [-0.25, -0.2) is 9.59 Å². The van der Waals surface area contributed by atoms with Crippen LogP contribution in [0.15, 0.2) is 60.7 Å². The van der Waals surface area contributed by atoms with Crippen LogP contribution in [0.25, 0.3) is 11.1 Å². The van der Waals surface area contributed by atoms with Crippen LogP contribution in [0.3, 0.4) is 0 Å². The zero-order chi connectivity index (χ0) is 57.0. The number of nitrogens with zero attached hydrogens (tertiary/aromatic N) is 4. The van der Waals surface area contributed by atoms with E-state index in [1.54, 1.807) is 95.2 Å². The van der Waals surface area contributed by atoms with Gasteiger partial charge in [-0.1, -0.05) is 48.5 Å². The van der Waals surface area contributed by atoms with Gasteiger partial charge in [0.05, 0.1) is 26.8 Å². The third-order valence-electron chi connectivity index (χ3n) is 12.2. The van der Waals surface area contributed by atoms with Gasteiger partial charge in [0.25, 0.3) is 0 Å². The number of alkyl carbamates (subject to hydrolysis) is 1. The lowest BCUT2D eigenvalue weighted by atomic mass is 9.98. The van der Waals surface area contributed by atoms with Gasteiger partial charge in [0, 0.05) is 71.2 Å². The Kier molecular flexibility index (Phi) is 22.6. The summed E-state index contributed by atoms with van der Waals surface area (Å²) in [4.78, 5) is 91.3. The zero-order valence-electron chi connectivity index (χ0n) is 46.9. The first-order valence-electron chi connectivity index (χ1n) is 26.2. The molecule has 1 aliphatic carbocycles. The molecule has 0 aromatic heterocycles. The maximum atomic E-state index is 15.0. The van der Waals surface area contributed by atoms with Crippen molar-refractivity contribution >= 4 is 81.1 Å². The average Bonchev–Trinajstić information content (AvgIpc) is 3.61. The summed E-state index contributed by atoms with van der Waals surface area (Å²) >= 11 is 4.02. The van der Waals surface area contributed by atoms with Crippen molar-refractivity contribution in [3.05, 3.63) is 84.5 Å². The molecule has 0 radical (unpaired) electrons. The van der Waals surface area contributed by atoms with E-state index in [1.807, 2.05) is 113 Å². The van der Waals surface area contributed by atoms with Crippen LogP contribution >= 0.6 is 45.2 Å². The highest BCUT2D eigenvalue weighted by molar-refractivity contribution is 14.1. The lowest BCUT2D eigenvalue weighted by Gasteiger charge is -2.35. The smallest absolute Gasteiger partial charge is 0.407 e. The van der Waals surface area contributed by atoms with Gasteiger partial charge < -0.3 is 39.4 Å². The SMILES string of the molecule is CC(C)(C)OC(=O)CN1CCN(CC(=O)OC(C)(C)C)CCN(CC(NC(=O)OCC2c3ccccc3-c3ccccc32)C(=O)N[C@@H](Cc2cc(I)c(O)c(I)c2)C(=O)OC(C)(C)C)CCN(CC(=O)OC(C)(C)C)CC1. The Morgan fingerprint density at radius 2 is 0.935 bits per heavy atom. The fourth-order valence-corrected chi connectivity index (χ4v) is 10.8. The first-order valence-corrected chi connectivity index (χ1v) is 28.3. The van der Waals surface area contributed by atoms with Crippen LogP contribution in [0, 0.1) is 7.14 Å². The highest BCUT2D eigenvalue weighted by Gasteiger charge is 2.35. The molecule has 0 saturated carbocycles. The first-order chi connectivity index (χ1) is 35.8. The standard InChI is InChI=1S/C57H80I2N6O12/c1-54(2,3)74-47(66)33-63-23-21-62(22-24-64(34-48(67)75-55(4,5)6)26-28-65(27-25-63)35-49(68)76-56(7,8)9)32-46(61-53(72)73-36-42-40-19-15-13-17-38(40)39-18-14-16-20-41(39)42)51(70)60-45(52(71)77-57(10,11)12)31-37-29-43(58)50(69)44(59)30-37/h13-20,29-30,42,45-46,69H,21-28,31-36H2,1-12H3,(H,60,70)(H,61,72)/t45-,46?/m0/s1. The number of phenolic OH excluding ortho intramolecular Hbond substituents is 1. The minimum absolute atomic E-state index is 0.00148. The number of aromatic hydroxyl groups is 1. The normalized spacial score (nSPS) is 16.6. The van der Waals surface area contributed by atoms with Crippen molar-refractivity contribution in [3.63, 3.8) is 0 Å². The molecule has 2 aliphatic rings. The Morgan fingerprint density at radius 3 is 1.32 bits per heavy atom. The summed E-state index contributed by atoms with van der Waals surface area (Å²) in [6, 6.07) is 16.8. The number of fused-ring (bicyclic) bond motifs is 3. The van der Waals surface area contributed by atoms with Crippen LogP contribution in [0.1, 0.15) is 106 Å². The molecule has 3 N–H and O–H groups in total. The largest absolute Gasteiger partial charge is 0.506 e. The molecule has 20 heteroatoms. The number of amides is 2. The highest BCUT2D eigenvalue weighted by Crippen LogP contribution is 2.44. The van der Waals surface area contributed by atoms with Gasteiger partial charge in [0.1, 0.15) is 46.8 Å². The monoisotopic (exact) mass is 1290 g/mol. The molecule has 5 rings (SSSR count). The number of hydrogen-bond acceptors (Lipinski definition) is 16. The number of rotatable bonds is 16. The van der Waals surface area contributed by atoms with Crippen LogP contribution in [0.4, 0.5) is 4.79 Å². The van der Waals surface area contributed by atoms with E-state index < -0.39 is 70.4 Å². The highest BCUT2D eigenvalue weighted by atomic mass is 127. The van der Waals surface area contributed by atoms with Gasteiger partial charge in [0.2, 0.25) is 5.91 Å². The number of phenols is 1. The summed E-state index contributed by atoms with van der Waals surface area (Å²) in [6.07, 6.45) is -0.862. The van der Waals surface area contributed by atoms with Gasteiger partial charge in [-0.05, 0) is 168 Å². The van der Waals surface area contributed by atoms with Gasteiger partial charge in [-0.15, -0.1) is 0 Å². The van der Waals surface area contributed by atoms with E-state index in [-0.39, 0.29) is 77.1 Å². The zero-order valence-corrected chi connectivity index (χ0v) is 51.2. The molecule has 77 heavy (non-hydrogen) atoms. The molecule has 0 spiro atoms. The molecule has 3 aromatic rings. The molecule has 1 heterocycles. The number of nitrogens with one attached hydrogen (secondary N) is 2. The van der Waals surface area contributed by atoms with Gasteiger partial charge in [0.15, 0.2) is 0 Å². The van der Waals surface area contributed by atoms with Crippen molar-refractivity contribution in [1.82, 2.24) is 30.2 Å². The second-order valence-electron chi connectivity index (χ2n) is 23.6. The number of halogens is 2. The summed E-state index contributed by atoms with van der Waals surface area (Å²) < 4.78 is 30.2. The van der Waals surface area contributed by atoms with Crippen molar-refractivity contribution in [1.29, 1.82) is 0 Å². The Hall–Kier alpha value is -4.62. The van der Waals surface area contributed by atoms with E-state index in [2.05, 4.69) is 10.6 Å². The Balaban J connectivity index is 1.51. The number of ether oxygens (including phenoxy) is 5. The summed E-state index contributed by atoms with van der Waals surface area (Å²) in [5.74, 6) is -2.88. The molecule has 3 aromatic carbocycles. The fraction of sp³-hybridized carbons (Fsp3) is 0.579. The van der Waals surface area contributed by atoms with Gasteiger partial charge >= 0.3 is 30.0 Å². The topological polar surface area (TPSA) is 206 Å². The minimum Gasteiger partial charge on any atom is -0.506 e. The van der Waals surface area contributed by atoms with Crippen molar-refractivity contribution in [2.24, 2.45) is 0 Å². The average molecular weight is 1300 g/mol. The van der Waals surface area contributed by atoms with Crippen LogP contribution in [-0.2, 0) is 54.1 Å². The summed E-state index contributed by atoms with van der Waals surface area (Å²) in [5.41, 5.74) is 1.63. The van der Waals surface area contributed by atoms with Crippen LogP contribution in [-0.4, -0.2) is 180 Å². The van der Waals surface area contributed by atoms with Crippen molar-refractivity contribution in [2.45, 2.75) is 130 Å². The fourth-order valence-electron chi connectivity index (χ4n) is 8.95. The van der Waals surface area contributed by atoms with E-state index in [4.69, 9.17) is 23.7 Å². The molecule has 424 valence electrons. The molecule has 0 bridgehead atoms. The van der Waals surface area contributed by atoms with E-state index >= 15 is 4.79 Å². The lowest BCUT2D eigenvalue weighted by molar-refractivity contribution is -0.159. The number of hydrogen-bond donors (Lipinski definition) is 3. The second kappa shape index (κ2) is 27.5. The first kappa shape index (κ1) is 63.2. The minimum atomic E-state index is -1.33. The van der Waals surface area contributed by atoms with Crippen LogP contribution in [0.5, 0.6) is 5.75 Å². The van der Waals surface area contributed by atoms with E-state index in [0.29, 0.717) is 38.9 Å². The molecule has 1 fully saturated rings. The third kappa shape index (κ3) is 21.5. The number of esters is 4. The Labute approximate surface area is 482 Å². The van der Waals surface area contributed by atoms with Gasteiger partial charge in [-0.2, -0.15) is 0 Å². The van der Waals surface area contributed by atoms with Crippen LogP contribution in [0.2, 0.25) is 0 Å². The molecule has 2 amide bonds. The molecule has 1 saturated heterocycles. The lowest BCUT2D eigenvalue weighted by Crippen LogP contribution is -2.58. The predicted octanol–water partition coefficient (Wildman–Crippen LogP) is 7.12. The number of carbonyl (C=O) groups excluding carboxylic acids is 6. The maximum absolute atomic E-state index is 15.0. The molecule has 18 nitrogen and oxygen atoms in total. The molecule has 1 aliphatic heterocycles. The molecular formula is C57H80I2N6O12. The number of benzene rings is 3. The van der Waals surface area contributed by atoms with Crippen molar-refractivity contribution in [2.75, 3.05) is 85.1 Å². The van der Waals surface area contributed by atoms with E-state index in [0.717, 1.165) is 22.3 Å². The van der Waals surface area contributed by atoms with Crippen molar-refractivity contribution in [3.8, 4) is 16.9 Å². The van der Waals surface area contributed by atoms with Crippen LogP contribution < -0.4 is 10.6 Å². The maximum Gasteiger partial charge on any atom is 0.407 e. The van der Waals surface area contributed by atoms with E-state index in [9.17, 15) is 29.1 Å². The van der Waals surface area contributed by atoms with Crippen molar-refractivity contribution < 1.29 is 57.6 Å². The molecule has 2 atom stereocenters. The quantitative estimate of drug-likeness (QED) is 0.0742. The van der Waals surface area contributed by atoms with E-state index in [1.165, 1.54) is 0 Å². The Bertz CT molecular complexity index is 2440. The molecular weight excluding hydrogens is 1210 g/mol.